The molecule has 1 aliphatic rings. The minimum absolute atomic E-state index is 0.109. The van der Waals surface area contributed by atoms with Crippen molar-refractivity contribution < 1.29 is 4.79 Å². The number of anilines is 1. The van der Waals surface area contributed by atoms with Crippen molar-refractivity contribution >= 4 is 22.4 Å². The van der Waals surface area contributed by atoms with Crippen LogP contribution in [0.5, 0.6) is 0 Å². The third-order valence-electron chi connectivity index (χ3n) is 3.11. The van der Waals surface area contributed by atoms with E-state index in [4.69, 9.17) is 0 Å². The third kappa shape index (κ3) is 4.14. The standard InChI is InChI=1S/C12H21N5OS/c1-3-6-13-12-16-15-11(19-12)10(18)14-9-5-4-7-17(2)8-9/h9H,3-8H2,1-2H3,(H,13,16)(H,14,18). The molecule has 19 heavy (non-hydrogen) atoms. The van der Waals surface area contributed by atoms with E-state index in [-0.39, 0.29) is 11.9 Å². The zero-order chi connectivity index (χ0) is 13.7. The van der Waals surface area contributed by atoms with Crippen LogP contribution in [0.2, 0.25) is 0 Å². The normalized spacial score (nSPS) is 20.2. The molecule has 1 aromatic rings. The maximum absolute atomic E-state index is 12.1. The van der Waals surface area contributed by atoms with Crippen LogP contribution in [0.1, 0.15) is 36.0 Å². The molecule has 1 saturated heterocycles. The number of carbonyl (C=O) groups excluding carboxylic acids is 1. The van der Waals surface area contributed by atoms with Crippen LogP contribution >= 0.6 is 11.3 Å². The number of rotatable bonds is 5. The van der Waals surface area contributed by atoms with E-state index in [2.05, 4.69) is 39.7 Å². The molecule has 1 unspecified atom stereocenters. The molecule has 0 saturated carbocycles. The summed E-state index contributed by atoms with van der Waals surface area (Å²) in [5.74, 6) is -0.109. The first-order valence-electron chi connectivity index (χ1n) is 6.76. The quantitative estimate of drug-likeness (QED) is 0.849. The minimum atomic E-state index is -0.109. The molecule has 1 amide bonds. The van der Waals surface area contributed by atoms with Crippen LogP contribution in [0.3, 0.4) is 0 Å². The lowest BCUT2D eigenvalue weighted by atomic mass is 10.1. The summed E-state index contributed by atoms with van der Waals surface area (Å²) < 4.78 is 0. The molecule has 7 heteroatoms. The van der Waals surface area contributed by atoms with E-state index in [1.54, 1.807) is 0 Å². The lowest BCUT2D eigenvalue weighted by Crippen LogP contribution is -2.46. The van der Waals surface area contributed by atoms with Gasteiger partial charge in [-0.2, -0.15) is 0 Å². The summed E-state index contributed by atoms with van der Waals surface area (Å²) in [5.41, 5.74) is 0. The Morgan fingerprint density at radius 1 is 1.53 bits per heavy atom. The number of carbonyl (C=O) groups is 1. The SMILES string of the molecule is CCCNc1nnc(C(=O)NC2CCCN(C)C2)s1. The van der Waals surface area contributed by atoms with E-state index in [1.807, 2.05) is 0 Å². The number of nitrogens with zero attached hydrogens (tertiary/aromatic N) is 3. The molecule has 0 aliphatic carbocycles. The minimum Gasteiger partial charge on any atom is -0.360 e. The average molecular weight is 283 g/mol. The fourth-order valence-corrected chi connectivity index (χ4v) is 2.82. The lowest BCUT2D eigenvalue weighted by Gasteiger charge is -2.29. The van der Waals surface area contributed by atoms with Gasteiger partial charge in [0.2, 0.25) is 10.1 Å². The summed E-state index contributed by atoms with van der Waals surface area (Å²) in [7, 11) is 2.08. The zero-order valence-electron chi connectivity index (χ0n) is 11.5. The zero-order valence-corrected chi connectivity index (χ0v) is 12.3. The summed E-state index contributed by atoms with van der Waals surface area (Å²) in [5, 5.41) is 15.2. The molecule has 6 nitrogen and oxygen atoms in total. The number of likely N-dealkylation sites (tertiary alicyclic amines) is 1. The Hall–Kier alpha value is -1.21. The van der Waals surface area contributed by atoms with Gasteiger partial charge >= 0.3 is 0 Å². The van der Waals surface area contributed by atoms with E-state index >= 15 is 0 Å². The molecule has 0 radical (unpaired) electrons. The molecular weight excluding hydrogens is 262 g/mol. The number of nitrogens with one attached hydrogen (secondary N) is 2. The van der Waals surface area contributed by atoms with Gasteiger partial charge in [0.05, 0.1) is 0 Å². The van der Waals surface area contributed by atoms with Gasteiger partial charge < -0.3 is 15.5 Å². The van der Waals surface area contributed by atoms with Gasteiger partial charge in [-0.15, -0.1) is 10.2 Å². The van der Waals surface area contributed by atoms with Crippen molar-refractivity contribution in [3.8, 4) is 0 Å². The number of aromatic nitrogens is 2. The summed E-state index contributed by atoms with van der Waals surface area (Å²) in [4.78, 5) is 14.3. The van der Waals surface area contributed by atoms with Crippen LogP contribution in [0.15, 0.2) is 0 Å². The molecule has 2 N–H and O–H groups in total. The van der Waals surface area contributed by atoms with E-state index in [1.165, 1.54) is 11.3 Å². The van der Waals surface area contributed by atoms with Crippen molar-refractivity contribution in [2.45, 2.75) is 32.2 Å². The summed E-state index contributed by atoms with van der Waals surface area (Å²) >= 11 is 1.31. The van der Waals surface area contributed by atoms with Gasteiger partial charge in [-0.05, 0) is 32.9 Å². The van der Waals surface area contributed by atoms with Crippen molar-refractivity contribution in [3.05, 3.63) is 5.01 Å². The molecule has 106 valence electrons. The molecule has 1 aliphatic heterocycles. The van der Waals surface area contributed by atoms with E-state index in [0.29, 0.717) is 10.1 Å². The van der Waals surface area contributed by atoms with Crippen LogP contribution in [0, 0.1) is 0 Å². The van der Waals surface area contributed by atoms with Crippen LogP contribution < -0.4 is 10.6 Å². The average Bonchev–Trinajstić information content (AvgIpc) is 2.85. The van der Waals surface area contributed by atoms with Crippen molar-refractivity contribution in [2.75, 3.05) is 32.0 Å². The predicted octanol–water partition coefficient (Wildman–Crippen LogP) is 1.18. The number of piperidine rings is 1. The third-order valence-corrected chi connectivity index (χ3v) is 3.98. The second-order valence-electron chi connectivity index (χ2n) is 4.91. The largest absolute Gasteiger partial charge is 0.360 e. The molecule has 0 bridgehead atoms. The highest BCUT2D eigenvalue weighted by atomic mass is 32.1. The highest BCUT2D eigenvalue weighted by Crippen LogP contribution is 2.16. The molecule has 2 heterocycles. The monoisotopic (exact) mass is 283 g/mol. The topological polar surface area (TPSA) is 70.1 Å². The molecule has 2 rings (SSSR count). The first kappa shape index (κ1) is 14.2. The molecule has 1 aromatic heterocycles. The van der Waals surface area contributed by atoms with Gasteiger partial charge in [0.15, 0.2) is 0 Å². The maximum Gasteiger partial charge on any atom is 0.282 e. The number of likely N-dealkylation sites (N-methyl/N-ethyl adjacent to an activating group) is 1. The van der Waals surface area contributed by atoms with Gasteiger partial charge in [0, 0.05) is 19.1 Å². The Bertz CT molecular complexity index is 422. The van der Waals surface area contributed by atoms with Gasteiger partial charge in [0.1, 0.15) is 0 Å². The summed E-state index contributed by atoms with van der Waals surface area (Å²) in [6.45, 7) is 4.95. The van der Waals surface area contributed by atoms with Crippen LogP contribution in [0.25, 0.3) is 0 Å². The van der Waals surface area contributed by atoms with Crippen molar-refractivity contribution in [2.24, 2.45) is 0 Å². The summed E-state index contributed by atoms with van der Waals surface area (Å²) in [6, 6.07) is 0.224. The van der Waals surface area contributed by atoms with Gasteiger partial charge in [0.25, 0.3) is 5.91 Å². The maximum atomic E-state index is 12.1. The van der Waals surface area contributed by atoms with Gasteiger partial charge in [-0.3, -0.25) is 4.79 Å². The van der Waals surface area contributed by atoms with E-state index in [0.717, 1.165) is 38.9 Å². The second kappa shape index (κ2) is 6.81. The van der Waals surface area contributed by atoms with Crippen LogP contribution in [-0.4, -0.2) is 53.7 Å². The Morgan fingerprint density at radius 2 is 2.37 bits per heavy atom. The fraction of sp³-hybridized carbons (Fsp3) is 0.750. The van der Waals surface area contributed by atoms with Gasteiger partial charge in [-0.25, -0.2) is 0 Å². The second-order valence-corrected chi connectivity index (χ2v) is 5.89. The van der Waals surface area contributed by atoms with Crippen molar-refractivity contribution in [1.29, 1.82) is 0 Å². The Kier molecular flexibility index (Phi) is 5.09. The molecule has 1 fully saturated rings. The Balaban J connectivity index is 1.86. The Morgan fingerprint density at radius 3 is 3.11 bits per heavy atom. The summed E-state index contributed by atoms with van der Waals surface area (Å²) in [6.07, 6.45) is 3.19. The first-order chi connectivity index (χ1) is 9.19. The number of hydrogen-bond donors (Lipinski definition) is 2. The molecule has 0 aromatic carbocycles. The first-order valence-corrected chi connectivity index (χ1v) is 7.57. The smallest absolute Gasteiger partial charge is 0.282 e. The van der Waals surface area contributed by atoms with Crippen molar-refractivity contribution in [3.63, 3.8) is 0 Å². The lowest BCUT2D eigenvalue weighted by molar-refractivity contribution is 0.0911. The fourth-order valence-electron chi connectivity index (χ4n) is 2.15. The molecule has 0 spiro atoms. The van der Waals surface area contributed by atoms with Crippen LogP contribution in [0.4, 0.5) is 5.13 Å². The Labute approximate surface area is 117 Å². The van der Waals surface area contributed by atoms with E-state index in [9.17, 15) is 4.79 Å². The predicted molar refractivity (Wildman–Crippen MR) is 76.7 cm³/mol. The van der Waals surface area contributed by atoms with Gasteiger partial charge in [-0.1, -0.05) is 18.3 Å². The number of amides is 1. The van der Waals surface area contributed by atoms with Crippen molar-refractivity contribution in [1.82, 2.24) is 20.4 Å². The highest BCUT2D eigenvalue weighted by Gasteiger charge is 2.21. The number of hydrogen-bond acceptors (Lipinski definition) is 6. The highest BCUT2D eigenvalue weighted by molar-refractivity contribution is 7.17. The molecular formula is C12H21N5OS. The molecule has 1 atom stereocenters. The van der Waals surface area contributed by atoms with E-state index < -0.39 is 0 Å². The van der Waals surface area contributed by atoms with Crippen LogP contribution in [-0.2, 0) is 0 Å².